The van der Waals surface area contributed by atoms with Gasteiger partial charge in [-0.15, -0.1) is 0 Å². The maximum absolute atomic E-state index is 5.63. The number of hydrogen-bond donors (Lipinski definition) is 1. The number of rotatable bonds is 28. The molecule has 0 heterocycles. The number of nitrogens with two attached hydrogens (primary N) is 1. The van der Waals surface area contributed by atoms with Gasteiger partial charge in [0.1, 0.15) is 12.4 Å². The fourth-order valence-electron chi connectivity index (χ4n) is 2.72. The Balaban J connectivity index is 1.66. The van der Waals surface area contributed by atoms with Crippen LogP contribution < -0.4 is 10.5 Å². The van der Waals surface area contributed by atoms with E-state index in [4.69, 9.17) is 48.4 Å². The minimum atomic E-state index is 0.483. The lowest BCUT2D eigenvalue weighted by molar-refractivity contribution is -0.0243. The number of nitrogen functional groups attached to an aromatic ring is 1. The largest absolute Gasteiger partial charge is 0.491 e. The van der Waals surface area contributed by atoms with Crippen LogP contribution in [0.1, 0.15) is 20.3 Å². The van der Waals surface area contributed by atoms with E-state index in [9.17, 15) is 0 Å². The van der Waals surface area contributed by atoms with Crippen molar-refractivity contribution >= 4 is 5.69 Å². The summed E-state index contributed by atoms with van der Waals surface area (Å²) >= 11 is 0. The molecule has 0 spiro atoms. The maximum Gasteiger partial charge on any atom is 0.119 e. The molecule has 2 N–H and O–H groups in total. The Kier molecular flexibility index (Phi) is 23.7. The minimum absolute atomic E-state index is 0.483. The first kappa shape index (κ1) is 33.5. The number of hydrogen-bond acceptors (Lipinski definition) is 10. The van der Waals surface area contributed by atoms with Crippen molar-refractivity contribution in [3.05, 3.63) is 24.3 Å². The summed E-state index contributed by atoms with van der Waals surface area (Å²) in [5.74, 6) is 1.38. The van der Waals surface area contributed by atoms with E-state index in [1.807, 2.05) is 12.1 Å². The zero-order valence-corrected chi connectivity index (χ0v) is 22.9. The monoisotopic (exact) mass is 531 g/mol. The van der Waals surface area contributed by atoms with Crippen molar-refractivity contribution in [1.29, 1.82) is 0 Å². The molecule has 0 aliphatic carbocycles. The van der Waals surface area contributed by atoms with Crippen molar-refractivity contribution in [1.82, 2.24) is 0 Å². The summed E-state index contributed by atoms with van der Waals surface area (Å²) in [7, 11) is 0. The van der Waals surface area contributed by atoms with Crippen LogP contribution in [0.25, 0.3) is 0 Å². The van der Waals surface area contributed by atoms with Gasteiger partial charge in [-0.25, -0.2) is 0 Å². The first-order valence-electron chi connectivity index (χ1n) is 13.3. The lowest BCUT2D eigenvalue weighted by Gasteiger charge is -2.10. The third-order valence-electron chi connectivity index (χ3n) is 5.08. The number of ether oxygens (including phenoxy) is 9. The van der Waals surface area contributed by atoms with Crippen molar-refractivity contribution in [2.24, 2.45) is 5.92 Å². The predicted octanol–water partition coefficient (Wildman–Crippen LogP) is 2.83. The van der Waals surface area contributed by atoms with Gasteiger partial charge >= 0.3 is 0 Å². The number of anilines is 1. The molecule has 0 saturated carbocycles. The quantitative estimate of drug-likeness (QED) is 0.128. The van der Waals surface area contributed by atoms with E-state index in [1.54, 1.807) is 12.1 Å². The fourth-order valence-corrected chi connectivity index (χ4v) is 2.72. The second kappa shape index (κ2) is 26.1. The smallest absolute Gasteiger partial charge is 0.119 e. The second-order valence-corrected chi connectivity index (χ2v) is 8.29. The molecule has 0 amide bonds. The average molecular weight is 532 g/mol. The lowest BCUT2D eigenvalue weighted by Crippen LogP contribution is -2.15. The zero-order valence-electron chi connectivity index (χ0n) is 22.9. The molecule has 0 aliphatic rings. The molecule has 1 atom stereocenters. The molecule has 1 aromatic rings. The normalized spacial score (nSPS) is 12.2. The summed E-state index contributed by atoms with van der Waals surface area (Å²) in [6.07, 6.45) is 1.14. The molecule has 1 rings (SSSR count). The molecule has 0 aliphatic heterocycles. The van der Waals surface area contributed by atoms with Crippen LogP contribution in [0.5, 0.6) is 5.75 Å². The van der Waals surface area contributed by atoms with Gasteiger partial charge in [0, 0.05) is 12.3 Å². The van der Waals surface area contributed by atoms with Crippen molar-refractivity contribution < 1.29 is 42.6 Å². The highest BCUT2D eigenvalue weighted by molar-refractivity contribution is 5.41. The van der Waals surface area contributed by atoms with Crippen molar-refractivity contribution in [3.8, 4) is 5.75 Å². The Morgan fingerprint density at radius 2 is 0.838 bits per heavy atom. The molecule has 10 nitrogen and oxygen atoms in total. The molecule has 0 aromatic heterocycles. The first-order valence-corrected chi connectivity index (χ1v) is 13.3. The molecule has 1 aromatic carbocycles. The molecule has 0 saturated heterocycles. The standard InChI is InChI=1S/C27H49NO9/c1-3-25(2)24-36-21-20-34-17-16-32-13-12-30-9-8-29-10-11-31-14-15-33-18-19-35-22-23-37-27-6-4-26(28)5-7-27/h4-7,25H,3,8-24,28H2,1-2H3. The molecule has 0 radical (unpaired) electrons. The highest BCUT2D eigenvalue weighted by Crippen LogP contribution is 2.12. The Labute approximate surface area is 222 Å². The van der Waals surface area contributed by atoms with E-state index in [-0.39, 0.29) is 0 Å². The van der Waals surface area contributed by atoms with Crippen LogP contribution in [-0.2, 0) is 37.9 Å². The summed E-state index contributed by atoms with van der Waals surface area (Å²) in [5, 5.41) is 0. The van der Waals surface area contributed by atoms with Gasteiger partial charge in [-0.1, -0.05) is 20.3 Å². The topological polar surface area (TPSA) is 109 Å². The van der Waals surface area contributed by atoms with Gasteiger partial charge in [0.05, 0.1) is 99.1 Å². The zero-order chi connectivity index (χ0) is 26.7. The van der Waals surface area contributed by atoms with Gasteiger partial charge < -0.3 is 48.4 Å². The molecule has 1 unspecified atom stereocenters. The molecule has 216 valence electrons. The van der Waals surface area contributed by atoms with Crippen LogP contribution in [0.4, 0.5) is 5.69 Å². The van der Waals surface area contributed by atoms with Gasteiger partial charge in [0.25, 0.3) is 0 Å². The molecule has 0 fully saturated rings. The SMILES string of the molecule is CCC(C)COCCOCCOCCOCCOCCOCCOCCOCCOc1ccc(N)cc1. The van der Waals surface area contributed by atoms with E-state index in [0.717, 1.165) is 18.8 Å². The highest BCUT2D eigenvalue weighted by Gasteiger charge is 1.99. The second-order valence-electron chi connectivity index (χ2n) is 8.29. The van der Waals surface area contributed by atoms with Gasteiger partial charge in [-0.2, -0.15) is 0 Å². The molecular weight excluding hydrogens is 482 g/mol. The molecule has 0 bridgehead atoms. The van der Waals surface area contributed by atoms with Crippen LogP contribution in [0, 0.1) is 5.92 Å². The van der Waals surface area contributed by atoms with Gasteiger partial charge in [0.15, 0.2) is 0 Å². The van der Waals surface area contributed by atoms with E-state index in [0.29, 0.717) is 117 Å². The number of benzene rings is 1. The molecular formula is C27H49NO9. The van der Waals surface area contributed by atoms with Crippen molar-refractivity contribution in [2.45, 2.75) is 20.3 Å². The average Bonchev–Trinajstić information content (AvgIpc) is 2.91. The van der Waals surface area contributed by atoms with Crippen LogP contribution in [0.3, 0.4) is 0 Å². The maximum atomic E-state index is 5.63. The van der Waals surface area contributed by atoms with Crippen LogP contribution in [-0.4, -0.2) is 112 Å². The third kappa shape index (κ3) is 23.4. The van der Waals surface area contributed by atoms with Crippen LogP contribution in [0.2, 0.25) is 0 Å². The summed E-state index contributed by atoms with van der Waals surface area (Å²) in [6.45, 7) is 13.7. The minimum Gasteiger partial charge on any atom is -0.491 e. The van der Waals surface area contributed by atoms with Crippen molar-refractivity contribution in [2.75, 3.05) is 118 Å². The van der Waals surface area contributed by atoms with Gasteiger partial charge in [0.2, 0.25) is 0 Å². The van der Waals surface area contributed by atoms with Crippen LogP contribution in [0.15, 0.2) is 24.3 Å². The van der Waals surface area contributed by atoms with E-state index in [1.165, 1.54) is 0 Å². The Morgan fingerprint density at radius 3 is 1.19 bits per heavy atom. The van der Waals surface area contributed by atoms with Gasteiger partial charge in [-0.3, -0.25) is 0 Å². The van der Waals surface area contributed by atoms with Crippen LogP contribution >= 0.6 is 0 Å². The summed E-state index contributed by atoms with van der Waals surface area (Å²) < 4.78 is 49.3. The summed E-state index contributed by atoms with van der Waals surface area (Å²) in [4.78, 5) is 0. The summed E-state index contributed by atoms with van der Waals surface area (Å²) in [5.41, 5.74) is 6.35. The molecule has 37 heavy (non-hydrogen) atoms. The molecule has 10 heteroatoms. The first-order chi connectivity index (χ1) is 18.2. The van der Waals surface area contributed by atoms with Gasteiger partial charge in [-0.05, 0) is 30.2 Å². The third-order valence-corrected chi connectivity index (χ3v) is 5.08. The highest BCUT2D eigenvalue weighted by atomic mass is 16.6. The fraction of sp³-hybridized carbons (Fsp3) is 0.778. The van der Waals surface area contributed by atoms with E-state index >= 15 is 0 Å². The Morgan fingerprint density at radius 1 is 0.514 bits per heavy atom. The Hall–Kier alpha value is -1.50. The Bertz CT molecular complexity index is 592. The van der Waals surface area contributed by atoms with E-state index in [2.05, 4.69) is 13.8 Å². The predicted molar refractivity (Wildman–Crippen MR) is 142 cm³/mol. The summed E-state index contributed by atoms with van der Waals surface area (Å²) in [6, 6.07) is 7.28. The lowest BCUT2D eigenvalue weighted by atomic mass is 10.1. The van der Waals surface area contributed by atoms with E-state index < -0.39 is 0 Å². The van der Waals surface area contributed by atoms with Crippen molar-refractivity contribution in [3.63, 3.8) is 0 Å².